The maximum Gasteiger partial charge on any atom is 0.242 e. The van der Waals surface area contributed by atoms with E-state index in [2.05, 4.69) is 5.32 Å². The Labute approximate surface area is 233 Å². The zero-order chi connectivity index (χ0) is 27.9. The first-order chi connectivity index (χ1) is 17.2. The molecule has 2 amide bonds. The fourth-order valence-electron chi connectivity index (χ4n) is 3.64. The Morgan fingerprint density at radius 3 is 2.24 bits per heavy atom. The van der Waals surface area contributed by atoms with Crippen molar-refractivity contribution in [2.45, 2.75) is 52.2 Å². The van der Waals surface area contributed by atoms with Gasteiger partial charge in [-0.25, -0.2) is 8.42 Å². The van der Waals surface area contributed by atoms with Crippen molar-refractivity contribution in [2.24, 2.45) is 0 Å². The van der Waals surface area contributed by atoms with Gasteiger partial charge in [0.15, 0.2) is 0 Å². The van der Waals surface area contributed by atoms with Crippen molar-refractivity contribution >= 4 is 62.3 Å². The van der Waals surface area contributed by atoms with E-state index in [4.69, 9.17) is 39.5 Å². The number of amides is 2. The summed E-state index contributed by atoms with van der Waals surface area (Å²) in [6.07, 6.45) is 1.29. The SMILES string of the molecule is COc1ccc(N(CCCC(=O)N(Cc2ccc(Cl)cc2Cl)C(C)C(=O)NC(C)C)S(C)(=O)=O)cc1Cl. The van der Waals surface area contributed by atoms with Crippen LogP contribution in [0.1, 0.15) is 39.2 Å². The highest BCUT2D eigenvalue weighted by Gasteiger charge is 2.27. The number of anilines is 1. The first-order valence-electron chi connectivity index (χ1n) is 11.6. The molecule has 204 valence electrons. The molecular weight excluding hydrogens is 561 g/mol. The molecule has 0 aromatic heterocycles. The number of carbonyl (C=O) groups excluding carboxylic acids is 2. The van der Waals surface area contributed by atoms with E-state index in [-0.39, 0.29) is 48.8 Å². The van der Waals surface area contributed by atoms with Gasteiger partial charge in [-0.15, -0.1) is 0 Å². The summed E-state index contributed by atoms with van der Waals surface area (Å²) < 4.78 is 31.3. The summed E-state index contributed by atoms with van der Waals surface area (Å²) in [6.45, 7) is 5.43. The monoisotopic (exact) mass is 591 g/mol. The van der Waals surface area contributed by atoms with Crippen LogP contribution in [0.5, 0.6) is 5.75 Å². The highest BCUT2D eigenvalue weighted by atomic mass is 35.5. The Kier molecular flexibility index (Phi) is 11.4. The minimum absolute atomic E-state index is 0.000411. The number of rotatable bonds is 12. The number of nitrogens with one attached hydrogen (secondary N) is 1. The lowest BCUT2D eigenvalue weighted by atomic mass is 10.1. The van der Waals surface area contributed by atoms with E-state index in [9.17, 15) is 18.0 Å². The molecule has 37 heavy (non-hydrogen) atoms. The molecule has 0 heterocycles. The third-order valence-corrected chi connectivity index (χ3v) is 7.61. The number of methoxy groups -OCH3 is 1. The molecule has 0 aliphatic heterocycles. The van der Waals surface area contributed by atoms with Gasteiger partial charge in [-0.2, -0.15) is 0 Å². The molecule has 1 atom stereocenters. The van der Waals surface area contributed by atoms with E-state index in [1.165, 1.54) is 22.4 Å². The molecular formula is C25H32Cl3N3O5S. The molecule has 0 fully saturated rings. The van der Waals surface area contributed by atoms with Crippen molar-refractivity contribution in [1.29, 1.82) is 0 Å². The van der Waals surface area contributed by atoms with Gasteiger partial charge in [-0.1, -0.05) is 40.9 Å². The number of sulfonamides is 1. The van der Waals surface area contributed by atoms with Crippen LogP contribution < -0.4 is 14.4 Å². The third-order valence-electron chi connectivity index (χ3n) is 5.53. The second-order valence-electron chi connectivity index (χ2n) is 8.85. The lowest BCUT2D eigenvalue weighted by Crippen LogP contribution is -2.49. The standard InChI is InChI=1S/C25H32Cl3N3O5S/c1-16(2)29-25(33)17(3)30(15-18-8-9-19(26)13-21(18)27)24(32)7-6-12-31(37(5,34)35)20-10-11-23(36-4)22(28)14-20/h8-11,13-14,16-17H,6-7,12,15H2,1-5H3,(H,29,33). The largest absolute Gasteiger partial charge is 0.495 e. The first kappa shape index (κ1) is 31.0. The van der Waals surface area contributed by atoms with Crippen LogP contribution >= 0.6 is 34.8 Å². The van der Waals surface area contributed by atoms with Crippen LogP contribution in [0.15, 0.2) is 36.4 Å². The van der Waals surface area contributed by atoms with Crippen molar-refractivity contribution in [3.63, 3.8) is 0 Å². The lowest BCUT2D eigenvalue weighted by molar-refractivity contribution is -0.140. The number of nitrogens with zero attached hydrogens (tertiary/aromatic N) is 2. The van der Waals surface area contributed by atoms with Gasteiger partial charge in [0.05, 0.1) is 24.1 Å². The summed E-state index contributed by atoms with van der Waals surface area (Å²) in [5.41, 5.74) is 0.990. The molecule has 0 saturated carbocycles. The molecule has 2 aromatic carbocycles. The van der Waals surface area contributed by atoms with E-state index in [0.29, 0.717) is 27.0 Å². The van der Waals surface area contributed by atoms with Crippen molar-refractivity contribution < 1.29 is 22.7 Å². The molecule has 0 saturated heterocycles. The summed E-state index contributed by atoms with van der Waals surface area (Å²) in [5.74, 6) is -0.211. The number of halogens is 3. The van der Waals surface area contributed by atoms with E-state index in [1.807, 2.05) is 13.8 Å². The topological polar surface area (TPSA) is 96.0 Å². The van der Waals surface area contributed by atoms with Crippen LogP contribution in [0.2, 0.25) is 15.1 Å². The fourth-order valence-corrected chi connectivity index (χ4v) is 5.31. The van der Waals surface area contributed by atoms with Crippen molar-refractivity contribution in [1.82, 2.24) is 10.2 Å². The number of carbonyl (C=O) groups is 2. The Hall–Kier alpha value is -2.20. The van der Waals surface area contributed by atoms with Gasteiger partial charge >= 0.3 is 0 Å². The minimum Gasteiger partial charge on any atom is -0.495 e. The fraction of sp³-hybridized carbons (Fsp3) is 0.440. The number of hydrogen-bond acceptors (Lipinski definition) is 5. The van der Waals surface area contributed by atoms with Crippen molar-refractivity contribution in [3.8, 4) is 5.75 Å². The Balaban J connectivity index is 2.23. The summed E-state index contributed by atoms with van der Waals surface area (Å²) in [4.78, 5) is 27.5. The first-order valence-corrected chi connectivity index (χ1v) is 14.6. The van der Waals surface area contributed by atoms with E-state index in [1.54, 1.807) is 37.3 Å². The Morgan fingerprint density at radius 2 is 1.70 bits per heavy atom. The summed E-state index contributed by atoms with van der Waals surface area (Å²) in [6, 6.07) is 8.71. The Morgan fingerprint density at radius 1 is 1.03 bits per heavy atom. The van der Waals surface area contributed by atoms with Crippen LogP contribution in [-0.4, -0.2) is 57.1 Å². The molecule has 2 rings (SSSR count). The zero-order valence-electron chi connectivity index (χ0n) is 21.4. The maximum atomic E-state index is 13.3. The molecule has 0 radical (unpaired) electrons. The van der Waals surface area contributed by atoms with Crippen LogP contribution in [0.25, 0.3) is 0 Å². The quantitative estimate of drug-likeness (QED) is 0.368. The molecule has 0 aliphatic carbocycles. The smallest absolute Gasteiger partial charge is 0.242 e. The van der Waals surface area contributed by atoms with Crippen LogP contribution in [0, 0.1) is 0 Å². The molecule has 0 spiro atoms. The normalized spacial score (nSPS) is 12.2. The highest BCUT2D eigenvalue weighted by molar-refractivity contribution is 7.92. The predicted octanol–water partition coefficient (Wildman–Crippen LogP) is 5.14. The molecule has 2 aromatic rings. The molecule has 8 nitrogen and oxygen atoms in total. The van der Waals surface area contributed by atoms with Crippen LogP contribution in [-0.2, 0) is 26.2 Å². The summed E-state index contributed by atoms with van der Waals surface area (Å²) >= 11 is 18.5. The summed E-state index contributed by atoms with van der Waals surface area (Å²) in [5, 5.41) is 3.92. The summed E-state index contributed by atoms with van der Waals surface area (Å²) in [7, 11) is -2.19. The van der Waals surface area contributed by atoms with E-state index < -0.39 is 16.1 Å². The molecule has 12 heteroatoms. The molecule has 0 bridgehead atoms. The number of benzene rings is 2. The third kappa shape index (κ3) is 8.95. The van der Waals surface area contributed by atoms with Gasteiger partial charge in [-0.3, -0.25) is 13.9 Å². The predicted molar refractivity (Wildman–Crippen MR) is 149 cm³/mol. The van der Waals surface area contributed by atoms with Gasteiger partial charge in [0.25, 0.3) is 0 Å². The second-order valence-corrected chi connectivity index (χ2v) is 12.0. The van der Waals surface area contributed by atoms with Crippen molar-refractivity contribution in [3.05, 3.63) is 57.0 Å². The van der Waals surface area contributed by atoms with E-state index >= 15 is 0 Å². The highest BCUT2D eigenvalue weighted by Crippen LogP contribution is 2.30. The van der Waals surface area contributed by atoms with E-state index in [0.717, 1.165) is 6.26 Å². The Bertz CT molecular complexity index is 1220. The van der Waals surface area contributed by atoms with Gasteiger partial charge < -0.3 is 15.0 Å². The maximum absolute atomic E-state index is 13.3. The molecule has 1 unspecified atom stereocenters. The van der Waals surface area contributed by atoms with Crippen LogP contribution in [0.4, 0.5) is 5.69 Å². The number of ether oxygens (including phenoxy) is 1. The molecule has 1 N–H and O–H groups in total. The van der Waals surface area contributed by atoms with Gasteiger partial charge in [-0.05, 0) is 63.1 Å². The lowest BCUT2D eigenvalue weighted by Gasteiger charge is -2.30. The molecule has 0 aliphatic rings. The minimum atomic E-state index is -3.66. The van der Waals surface area contributed by atoms with Gasteiger partial charge in [0, 0.05) is 35.6 Å². The van der Waals surface area contributed by atoms with Crippen molar-refractivity contribution in [2.75, 3.05) is 24.2 Å². The second kappa shape index (κ2) is 13.6. The van der Waals surface area contributed by atoms with Gasteiger partial charge in [0.2, 0.25) is 21.8 Å². The number of hydrogen-bond donors (Lipinski definition) is 1. The zero-order valence-corrected chi connectivity index (χ0v) is 24.5. The van der Waals surface area contributed by atoms with Gasteiger partial charge in [0.1, 0.15) is 11.8 Å². The van der Waals surface area contributed by atoms with Crippen LogP contribution in [0.3, 0.4) is 0 Å². The average Bonchev–Trinajstić information content (AvgIpc) is 2.79. The average molecular weight is 593 g/mol.